The minimum Gasteiger partial charge on any atom is -0.212 e. The van der Waals surface area contributed by atoms with Crippen LogP contribution in [-0.2, 0) is 9.05 Å². The SMILES string of the molecule is CC(C)(CCl)CS(=O)(=O)Cl. The van der Waals surface area contributed by atoms with Crippen LogP contribution in [0.25, 0.3) is 0 Å². The van der Waals surface area contributed by atoms with E-state index < -0.39 is 14.5 Å². The molecule has 10 heavy (non-hydrogen) atoms. The van der Waals surface area contributed by atoms with Crippen molar-refractivity contribution in [2.45, 2.75) is 13.8 Å². The highest BCUT2D eigenvalue weighted by atomic mass is 35.7. The number of alkyl halides is 1. The van der Waals surface area contributed by atoms with Gasteiger partial charge in [0, 0.05) is 16.6 Å². The summed E-state index contributed by atoms with van der Waals surface area (Å²) in [4.78, 5) is 0. The lowest BCUT2D eigenvalue weighted by atomic mass is 10.0. The molecule has 62 valence electrons. The maximum absolute atomic E-state index is 10.5. The average molecular weight is 205 g/mol. The van der Waals surface area contributed by atoms with Crippen LogP contribution in [0, 0.1) is 5.41 Å². The first kappa shape index (κ1) is 10.5. The fourth-order valence-corrected chi connectivity index (χ4v) is 2.63. The Hall–Kier alpha value is 0.530. The van der Waals surface area contributed by atoms with Crippen LogP contribution in [0.15, 0.2) is 0 Å². The Bertz CT molecular complexity index is 196. The van der Waals surface area contributed by atoms with Gasteiger partial charge in [-0.05, 0) is 5.41 Å². The van der Waals surface area contributed by atoms with E-state index in [9.17, 15) is 8.42 Å². The first-order valence-corrected chi connectivity index (χ1v) is 5.76. The van der Waals surface area contributed by atoms with E-state index >= 15 is 0 Å². The van der Waals surface area contributed by atoms with Gasteiger partial charge in [-0.2, -0.15) is 0 Å². The predicted octanol–water partition coefficient (Wildman–Crippen LogP) is 1.82. The van der Waals surface area contributed by atoms with Crippen molar-refractivity contribution in [1.29, 1.82) is 0 Å². The van der Waals surface area contributed by atoms with E-state index in [1.165, 1.54) is 0 Å². The maximum atomic E-state index is 10.5. The molecule has 0 fully saturated rings. The Labute approximate surface area is 70.9 Å². The summed E-state index contributed by atoms with van der Waals surface area (Å²) in [6.07, 6.45) is 0. The van der Waals surface area contributed by atoms with Crippen LogP contribution >= 0.6 is 22.3 Å². The number of hydrogen-bond donors (Lipinski definition) is 0. The molecule has 0 unspecified atom stereocenters. The van der Waals surface area contributed by atoms with Crippen LogP contribution in [-0.4, -0.2) is 20.1 Å². The summed E-state index contributed by atoms with van der Waals surface area (Å²) in [5.41, 5.74) is -0.428. The lowest BCUT2D eigenvalue weighted by molar-refractivity contribution is 0.472. The average Bonchev–Trinajstić information content (AvgIpc) is 1.60. The largest absolute Gasteiger partial charge is 0.233 e. The molecular formula is C5H10Cl2O2S. The van der Waals surface area contributed by atoms with Gasteiger partial charge in [0.15, 0.2) is 0 Å². The molecule has 0 spiro atoms. The van der Waals surface area contributed by atoms with Crippen molar-refractivity contribution in [2.75, 3.05) is 11.6 Å². The molecule has 0 amide bonds. The van der Waals surface area contributed by atoms with Gasteiger partial charge >= 0.3 is 0 Å². The lowest BCUT2D eigenvalue weighted by Crippen LogP contribution is -2.22. The van der Waals surface area contributed by atoms with Crippen molar-refractivity contribution >= 4 is 31.3 Å². The van der Waals surface area contributed by atoms with Gasteiger partial charge < -0.3 is 0 Å². The Kier molecular flexibility index (Phi) is 3.46. The molecular weight excluding hydrogens is 195 g/mol. The summed E-state index contributed by atoms with van der Waals surface area (Å²) in [6.45, 7) is 3.50. The Balaban J connectivity index is 4.16. The van der Waals surface area contributed by atoms with E-state index in [0.29, 0.717) is 5.88 Å². The quantitative estimate of drug-likeness (QED) is 0.520. The molecule has 0 aromatic carbocycles. The third kappa shape index (κ3) is 5.33. The van der Waals surface area contributed by atoms with Gasteiger partial charge in [-0.15, -0.1) is 11.6 Å². The van der Waals surface area contributed by atoms with Crippen molar-refractivity contribution in [1.82, 2.24) is 0 Å². The summed E-state index contributed by atoms with van der Waals surface area (Å²) in [5.74, 6) is 0.212. The van der Waals surface area contributed by atoms with E-state index in [0.717, 1.165) is 0 Å². The second-order valence-corrected chi connectivity index (χ2v) is 6.03. The molecule has 0 aliphatic carbocycles. The summed E-state index contributed by atoms with van der Waals surface area (Å²) < 4.78 is 21.0. The highest BCUT2D eigenvalue weighted by molar-refractivity contribution is 8.13. The summed E-state index contributed by atoms with van der Waals surface area (Å²) in [6, 6.07) is 0. The van der Waals surface area contributed by atoms with Gasteiger partial charge in [0.05, 0.1) is 5.75 Å². The van der Waals surface area contributed by atoms with Crippen LogP contribution < -0.4 is 0 Å². The van der Waals surface area contributed by atoms with Gasteiger partial charge in [-0.1, -0.05) is 13.8 Å². The highest BCUT2D eigenvalue weighted by Gasteiger charge is 2.23. The van der Waals surface area contributed by atoms with Crippen molar-refractivity contribution in [3.8, 4) is 0 Å². The molecule has 0 bridgehead atoms. The second kappa shape index (κ2) is 3.28. The van der Waals surface area contributed by atoms with Gasteiger partial charge in [0.1, 0.15) is 0 Å². The number of rotatable bonds is 3. The zero-order valence-corrected chi connectivity index (χ0v) is 8.22. The number of halogens is 2. The van der Waals surface area contributed by atoms with Gasteiger partial charge in [-0.25, -0.2) is 8.42 Å². The van der Waals surface area contributed by atoms with Crippen LogP contribution in [0.2, 0.25) is 0 Å². The zero-order valence-electron chi connectivity index (χ0n) is 5.89. The van der Waals surface area contributed by atoms with Crippen LogP contribution in [0.4, 0.5) is 0 Å². The van der Waals surface area contributed by atoms with E-state index in [4.69, 9.17) is 22.3 Å². The second-order valence-electron chi connectivity index (χ2n) is 2.98. The van der Waals surface area contributed by atoms with Crippen molar-refractivity contribution in [3.05, 3.63) is 0 Å². The molecule has 0 rings (SSSR count). The lowest BCUT2D eigenvalue weighted by Gasteiger charge is -2.17. The third-order valence-corrected chi connectivity index (χ3v) is 3.10. The first-order valence-electron chi connectivity index (χ1n) is 2.75. The zero-order chi connectivity index (χ0) is 8.41. The molecule has 0 aliphatic heterocycles. The Morgan fingerprint density at radius 2 is 1.80 bits per heavy atom. The Morgan fingerprint density at radius 3 is 1.90 bits per heavy atom. The van der Waals surface area contributed by atoms with E-state index in [1.807, 2.05) is 0 Å². The fourth-order valence-electron chi connectivity index (χ4n) is 0.505. The molecule has 0 saturated carbocycles. The minimum atomic E-state index is -3.41. The van der Waals surface area contributed by atoms with Crippen molar-refractivity contribution < 1.29 is 8.42 Å². The summed E-state index contributed by atoms with van der Waals surface area (Å²) in [7, 11) is 1.60. The normalized spacial score (nSPS) is 13.6. The fraction of sp³-hybridized carbons (Fsp3) is 1.00. The van der Waals surface area contributed by atoms with Crippen LogP contribution in [0.5, 0.6) is 0 Å². The molecule has 0 aromatic heterocycles. The highest BCUT2D eigenvalue weighted by Crippen LogP contribution is 2.21. The van der Waals surface area contributed by atoms with Crippen molar-refractivity contribution in [2.24, 2.45) is 5.41 Å². The molecule has 0 heterocycles. The topological polar surface area (TPSA) is 34.1 Å². The summed E-state index contributed by atoms with van der Waals surface area (Å²) >= 11 is 5.48. The molecule has 0 N–H and O–H groups in total. The smallest absolute Gasteiger partial charge is 0.212 e. The van der Waals surface area contributed by atoms with Crippen LogP contribution in [0.1, 0.15) is 13.8 Å². The summed E-state index contributed by atoms with van der Waals surface area (Å²) in [5, 5.41) is 0. The molecule has 0 saturated heterocycles. The van der Waals surface area contributed by atoms with Gasteiger partial charge in [-0.3, -0.25) is 0 Å². The van der Waals surface area contributed by atoms with Gasteiger partial charge in [0.2, 0.25) is 9.05 Å². The third-order valence-electron chi connectivity index (χ3n) is 0.925. The Morgan fingerprint density at radius 1 is 1.40 bits per heavy atom. The van der Waals surface area contributed by atoms with E-state index in [-0.39, 0.29) is 5.75 Å². The monoisotopic (exact) mass is 204 g/mol. The van der Waals surface area contributed by atoms with E-state index in [1.54, 1.807) is 13.8 Å². The number of hydrogen-bond acceptors (Lipinski definition) is 2. The van der Waals surface area contributed by atoms with Crippen LogP contribution in [0.3, 0.4) is 0 Å². The predicted molar refractivity (Wildman–Crippen MR) is 44.1 cm³/mol. The molecule has 5 heteroatoms. The molecule has 0 aromatic rings. The maximum Gasteiger partial charge on any atom is 0.233 e. The molecule has 0 atom stereocenters. The molecule has 2 nitrogen and oxygen atoms in total. The first-order chi connectivity index (χ1) is 4.27. The molecule has 0 aliphatic rings. The molecule has 0 radical (unpaired) electrons. The van der Waals surface area contributed by atoms with E-state index in [2.05, 4.69) is 0 Å². The minimum absolute atomic E-state index is 0.0783. The van der Waals surface area contributed by atoms with Gasteiger partial charge in [0.25, 0.3) is 0 Å². The standard InChI is InChI=1S/C5H10Cl2O2S/c1-5(2,3-6)4-10(7,8)9/h3-4H2,1-2H3. The van der Waals surface area contributed by atoms with Crippen molar-refractivity contribution in [3.63, 3.8) is 0 Å².